The number of likely N-dealkylation sites (tertiary alicyclic amines) is 1. The number of aromatic nitrogens is 2. The lowest BCUT2D eigenvalue weighted by Crippen LogP contribution is -2.41. The molecule has 2 aromatic rings. The number of pyridine rings is 2. The van der Waals surface area contributed by atoms with Crippen molar-refractivity contribution < 1.29 is 4.74 Å². The van der Waals surface area contributed by atoms with Crippen molar-refractivity contribution in [2.24, 2.45) is 0 Å². The summed E-state index contributed by atoms with van der Waals surface area (Å²) in [4.78, 5) is 11.5. The molecule has 0 aromatic carbocycles. The smallest absolute Gasteiger partial charge is 0.134 e. The van der Waals surface area contributed by atoms with Gasteiger partial charge in [0.1, 0.15) is 11.6 Å². The number of piperidine rings is 1. The summed E-state index contributed by atoms with van der Waals surface area (Å²) in [6.07, 6.45) is 7.33. The van der Waals surface area contributed by atoms with E-state index < -0.39 is 0 Å². The Morgan fingerprint density at radius 2 is 2.00 bits per heavy atom. The van der Waals surface area contributed by atoms with Crippen LogP contribution >= 0.6 is 0 Å². The summed E-state index contributed by atoms with van der Waals surface area (Å²) >= 11 is 0. The second-order valence-corrected chi connectivity index (χ2v) is 7.10. The summed E-state index contributed by atoms with van der Waals surface area (Å²) in [7, 11) is 0. The molecule has 0 aliphatic carbocycles. The summed E-state index contributed by atoms with van der Waals surface area (Å²) in [5.41, 5.74) is 2.51. The first-order chi connectivity index (χ1) is 12.3. The van der Waals surface area contributed by atoms with Gasteiger partial charge < -0.3 is 10.1 Å². The normalized spacial score (nSPS) is 22.2. The van der Waals surface area contributed by atoms with E-state index in [4.69, 9.17) is 4.74 Å². The first kappa shape index (κ1) is 16.5. The third-order valence-corrected chi connectivity index (χ3v) is 5.46. The van der Waals surface area contributed by atoms with Crippen LogP contribution in [0, 0.1) is 6.92 Å². The molecule has 132 valence electrons. The molecule has 2 saturated heterocycles. The molecule has 1 unspecified atom stereocenters. The fraction of sp³-hybridized carbons (Fsp3) is 0.500. The number of nitrogens with one attached hydrogen (secondary N) is 1. The highest BCUT2D eigenvalue weighted by atomic mass is 16.5. The number of nitrogens with zero attached hydrogens (tertiary/aromatic N) is 3. The van der Waals surface area contributed by atoms with Gasteiger partial charge in [-0.05, 0) is 74.5 Å². The van der Waals surface area contributed by atoms with Crippen molar-refractivity contribution in [3.05, 3.63) is 47.8 Å². The van der Waals surface area contributed by atoms with E-state index in [0.29, 0.717) is 12.0 Å². The third kappa shape index (κ3) is 3.83. The van der Waals surface area contributed by atoms with Crippen LogP contribution in [0.1, 0.15) is 36.3 Å². The van der Waals surface area contributed by atoms with Crippen LogP contribution in [0.2, 0.25) is 0 Å². The molecule has 4 heterocycles. The Morgan fingerprint density at radius 1 is 1.12 bits per heavy atom. The van der Waals surface area contributed by atoms with Gasteiger partial charge in [0.05, 0.1) is 6.61 Å². The summed E-state index contributed by atoms with van der Waals surface area (Å²) < 4.78 is 5.54. The first-order valence-corrected chi connectivity index (χ1v) is 9.26. The van der Waals surface area contributed by atoms with Crippen molar-refractivity contribution in [3.63, 3.8) is 0 Å². The number of hydrogen-bond acceptors (Lipinski definition) is 5. The van der Waals surface area contributed by atoms with E-state index in [1.54, 1.807) is 0 Å². The molecule has 2 aliphatic heterocycles. The monoisotopic (exact) mass is 338 g/mol. The van der Waals surface area contributed by atoms with Crippen LogP contribution in [-0.4, -0.2) is 47.2 Å². The SMILES string of the molecule is Cc1cccnc1Nc1cc(C2CCN(C3CCOC3)CC2)ccn1. The Kier molecular flexibility index (Phi) is 4.95. The molecule has 5 nitrogen and oxygen atoms in total. The lowest BCUT2D eigenvalue weighted by molar-refractivity contribution is 0.122. The highest BCUT2D eigenvalue weighted by molar-refractivity contribution is 5.56. The average molecular weight is 338 g/mol. The molecule has 2 fully saturated rings. The van der Waals surface area contributed by atoms with Gasteiger partial charge in [-0.25, -0.2) is 9.97 Å². The second-order valence-electron chi connectivity index (χ2n) is 7.10. The van der Waals surface area contributed by atoms with E-state index >= 15 is 0 Å². The lowest BCUT2D eigenvalue weighted by atomic mass is 9.89. The van der Waals surface area contributed by atoms with Crippen LogP contribution < -0.4 is 5.32 Å². The predicted molar refractivity (Wildman–Crippen MR) is 99.3 cm³/mol. The minimum absolute atomic E-state index is 0.618. The van der Waals surface area contributed by atoms with Crippen molar-refractivity contribution in [2.45, 2.75) is 38.1 Å². The van der Waals surface area contributed by atoms with Crippen molar-refractivity contribution in [1.82, 2.24) is 14.9 Å². The van der Waals surface area contributed by atoms with Crippen molar-refractivity contribution in [1.29, 1.82) is 0 Å². The van der Waals surface area contributed by atoms with Crippen molar-refractivity contribution >= 4 is 11.6 Å². The van der Waals surface area contributed by atoms with E-state index in [1.165, 1.54) is 37.9 Å². The van der Waals surface area contributed by atoms with E-state index in [-0.39, 0.29) is 0 Å². The molecule has 1 N–H and O–H groups in total. The van der Waals surface area contributed by atoms with Gasteiger partial charge >= 0.3 is 0 Å². The largest absolute Gasteiger partial charge is 0.380 e. The van der Waals surface area contributed by atoms with E-state index in [0.717, 1.165) is 30.4 Å². The van der Waals surface area contributed by atoms with Crippen LogP contribution in [0.4, 0.5) is 11.6 Å². The van der Waals surface area contributed by atoms with Gasteiger partial charge in [-0.1, -0.05) is 6.07 Å². The molecule has 5 heteroatoms. The molecule has 25 heavy (non-hydrogen) atoms. The third-order valence-electron chi connectivity index (χ3n) is 5.46. The summed E-state index contributed by atoms with van der Waals surface area (Å²) in [5.74, 6) is 2.38. The minimum atomic E-state index is 0.618. The van der Waals surface area contributed by atoms with Gasteiger partial charge in [0.25, 0.3) is 0 Å². The van der Waals surface area contributed by atoms with E-state index in [1.807, 2.05) is 18.5 Å². The van der Waals surface area contributed by atoms with E-state index in [2.05, 4.69) is 45.3 Å². The predicted octanol–water partition coefficient (Wildman–Crippen LogP) is 3.50. The fourth-order valence-electron chi connectivity index (χ4n) is 3.92. The quantitative estimate of drug-likeness (QED) is 0.925. The first-order valence-electron chi connectivity index (χ1n) is 9.26. The molecule has 0 radical (unpaired) electrons. The average Bonchev–Trinajstić information content (AvgIpc) is 3.19. The van der Waals surface area contributed by atoms with Gasteiger partial charge in [-0.3, -0.25) is 4.90 Å². The highest BCUT2D eigenvalue weighted by Gasteiger charge is 2.28. The van der Waals surface area contributed by atoms with Gasteiger partial charge in [0, 0.05) is 25.0 Å². The van der Waals surface area contributed by atoms with Crippen LogP contribution in [0.15, 0.2) is 36.7 Å². The molecule has 0 spiro atoms. The van der Waals surface area contributed by atoms with Crippen molar-refractivity contribution in [3.8, 4) is 0 Å². The topological polar surface area (TPSA) is 50.3 Å². The Hall–Kier alpha value is -1.98. The second kappa shape index (κ2) is 7.50. The van der Waals surface area contributed by atoms with Gasteiger partial charge in [0.2, 0.25) is 0 Å². The van der Waals surface area contributed by atoms with Crippen LogP contribution in [-0.2, 0) is 4.74 Å². The Labute approximate surface area is 149 Å². The summed E-state index contributed by atoms with van der Waals surface area (Å²) in [6.45, 7) is 6.24. The molecule has 0 bridgehead atoms. The van der Waals surface area contributed by atoms with Gasteiger partial charge in [0.15, 0.2) is 0 Å². The van der Waals surface area contributed by atoms with Crippen LogP contribution in [0.5, 0.6) is 0 Å². The highest BCUT2D eigenvalue weighted by Crippen LogP contribution is 2.31. The summed E-state index contributed by atoms with van der Waals surface area (Å²) in [5, 5.41) is 3.36. The number of aryl methyl sites for hydroxylation is 1. The zero-order valence-corrected chi connectivity index (χ0v) is 14.8. The molecule has 0 amide bonds. The number of anilines is 2. The Morgan fingerprint density at radius 3 is 2.76 bits per heavy atom. The lowest BCUT2D eigenvalue weighted by Gasteiger charge is -2.35. The maximum absolute atomic E-state index is 5.54. The molecule has 1 atom stereocenters. The van der Waals surface area contributed by atoms with Crippen LogP contribution in [0.25, 0.3) is 0 Å². The molecule has 2 aromatic heterocycles. The molecular formula is C20H26N4O. The minimum Gasteiger partial charge on any atom is -0.380 e. The number of rotatable bonds is 4. The molecular weight excluding hydrogens is 312 g/mol. The fourth-order valence-corrected chi connectivity index (χ4v) is 3.92. The molecule has 2 aliphatic rings. The standard InChI is InChI=1S/C20H26N4O/c1-15-3-2-8-22-20(15)23-19-13-17(4-9-21-19)16-5-10-24(11-6-16)18-7-12-25-14-18/h2-4,8-9,13,16,18H,5-7,10-12,14H2,1H3,(H,21,22,23). The molecule has 0 saturated carbocycles. The van der Waals surface area contributed by atoms with Gasteiger partial charge in [-0.2, -0.15) is 0 Å². The van der Waals surface area contributed by atoms with Crippen LogP contribution in [0.3, 0.4) is 0 Å². The molecule has 4 rings (SSSR count). The zero-order valence-electron chi connectivity index (χ0n) is 14.8. The maximum atomic E-state index is 5.54. The number of ether oxygens (including phenoxy) is 1. The maximum Gasteiger partial charge on any atom is 0.134 e. The van der Waals surface area contributed by atoms with E-state index in [9.17, 15) is 0 Å². The Bertz CT molecular complexity index is 706. The summed E-state index contributed by atoms with van der Waals surface area (Å²) in [6, 6.07) is 9.00. The number of hydrogen-bond donors (Lipinski definition) is 1. The van der Waals surface area contributed by atoms with Crippen molar-refractivity contribution in [2.75, 3.05) is 31.6 Å². The van der Waals surface area contributed by atoms with Gasteiger partial charge in [-0.15, -0.1) is 0 Å². The zero-order chi connectivity index (χ0) is 17.1. The Balaban J connectivity index is 1.41.